The molecular formula is C12H21NO3S. The van der Waals surface area contributed by atoms with Crippen molar-refractivity contribution in [2.45, 2.75) is 50.8 Å². The van der Waals surface area contributed by atoms with E-state index in [0.29, 0.717) is 0 Å². The summed E-state index contributed by atoms with van der Waals surface area (Å²) in [6, 6.07) is 0.168. The number of rotatable bonds is 5. The number of amides is 1. The molecule has 98 valence electrons. The van der Waals surface area contributed by atoms with Gasteiger partial charge in [0, 0.05) is 6.04 Å². The van der Waals surface area contributed by atoms with Crippen molar-refractivity contribution in [1.29, 1.82) is 0 Å². The topological polar surface area (TPSA) is 63.2 Å². The van der Waals surface area contributed by atoms with Gasteiger partial charge in [-0.1, -0.05) is 25.0 Å². The Balaban J connectivity index is 2.55. The minimum absolute atomic E-state index is 0.0667. The smallest absolute Gasteiger partial charge is 0.238 e. The Hall–Kier alpha value is -0.840. The number of carbonyl (C=O) groups is 1. The molecule has 0 aliphatic heterocycles. The SMILES string of the molecule is C/C=C\CS(=O)(=O)[C@@H](C)C(=O)NC1CCCC1. The predicted octanol–water partition coefficient (Wildman–Crippen LogP) is 1.42. The molecule has 0 unspecified atom stereocenters. The third kappa shape index (κ3) is 4.15. The molecule has 4 nitrogen and oxygen atoms in total. The normalized spacial score (nSPS) is 19.6. The quantitative estimate of drug-likeness (QED) is 0.760. The summed E-state index contributed by atoms with van der Waals surface area (Å²) >= 11 is 0. The number of hydrogen-bond acceptors (Lipinski definition) is 3. The zero-order valence-electron chi connectivity index (χ0n) is 10.5. The van der Waals surface area contributed by atoms with E-state index in [1.807, 2.05) is 0 Å². The van der Waals surface area contributed by atoms with Crippen LogP contribution >= 0.6 is 0 Å². The lowest BCUT2D eigenvalue weighted by molar-refractivity contribution is -0.121. The minimum atomic E-state index is -3.36. The summed E-state index contributed by atoms with van der Waals surface area (Å²) < 4.78 is 23.6. The largest absolute Gasteiger partial charge is 0.352 e. The van der Waals surface area contributed by atoms with Crippen LogP contribution in [-0.2, 0) is 14.6 Å². The second-order valence-corrected chi connectivity index (χ2v) is 6.90. The molecule has 1 saturated carbocycles. The minimum Gasteiger partial charge on any atom is -0.352 e. The standard InChI is InChI=1S/C12H21NO3S/c1-3-4-9-17(15,16)10(2)12(14)13-11-7-5-6-8-11/h3-4,10-11H,5-9H2,1-2H3,(H,13,14)/b4-3-/t10-/m0/s1. The molecule has 1 amide bonds. The molecule has 0 radical (unpaired) electrons. The lowest BCUT2D eigenvalue weighted by Gasteiger charge is -2.16. The van der Waals surface area contributed by atoms with Crippen molar-refractivity contribution in [2.75, 3.05) is 5.75 Å². The monoisotopic (exact) mass is 259 g/mol. The van der Waals surface area contributed by atoms with E-state index in [4.69, 9.17) is 0 Å². The second kappa shape index (κ2) is 6.19. The van der Waals surface area contributed by atoms with Gasteiger partial charge in [0.25, 0.3) is 0 Å². The molecule has 0 heterocycles. The van der Waals surface area contributed by atoms with E-state index in [-0.39, 0.29) is 17.7 Å². The highest BCUT2D eigenvalue weighted by molar-refractivity contribution is 7.92. The first kappa shape index (κ1) is 14.2. The first-order valence-corrected chi connectivity index (χ1v) is 7.82. The fourth-order valence-corrected chi connectivity index (χ4v) is 3.07. The summed E-state index contributed by atoms with van der Waals surface area (Å²) in [7, 11) is -3.36. The Morgan fingerprint density at radius 1 is 1.41 bits per heavy atom. The Bertz CT molecular complexity index is 381. The van der Waals surface area contributed by atoms with Crippen molar-refractivity contribution in [2.24, 2.45) is 0 Å². The van der Waals surface area contributed by atoms with E-state index in [1.54, 1.807) is 19.1 Å². The maximum atomic E-state index is 11.8. The first-order valence-electron chi connectivity index (χ1n) is 6.10. The summed E-state index contributed by atoms with van der Waals surface area (Å²) in [5.41, 5.74) is 0. The summed E-state index contributed by atoms with van der Waals surface area (Å²) in [6.07, 6.45) is 7.41. The third-order valence-electron chi connectivity index (χ3n) is 3.17. The highest BCUT2D eigenvalue weighted by Gasteiger charge is 2.28. The molecule has 17 heavy (non-hydrogen) atoms. The van der Waals surface area contributed by atoms with Gasteiger partial charge in [0.2, 0.25) is 5.91 Å². The molecule has 1 aliphatic carbocycles. The van der Waals surface area contributed by atoms with Crippen LogP contribution in [0.1, 0.15) is 39.5 Å². The lowest BCUT2D eigenvalue weighted by atomic mass is 10.2. The van der Waals surface area contributed by atoms with Gasteiger partial charge in [-0.15, -0.1) is 0 Å². The van der Waals surface area contributed by atoms with Gasteiger partial charge >= 0.3 is 0 Å². The van der Waals surface area contributed by atoms with E-state index >= 15 is 0 Å². The molecule has 1 aliphatic rings. The van der Waals surface area contributed by atoms with Gasteiger partial charge in [0.15, 0.2) is 9.84 Å². The maximum absolute atomic E-state index is 11.8. The number of hydrogen-bond donors (Lipinski definition) is 1. The first-order chi connectivity index (χ1) is 7.97. The van der Waals surface area contributed by atoms with Gasteiger partial charge in [-0.2, -0.15) is 0 Å². The number of allylic oxidation sites excluding steroid dienone is 1. The van der Waals surface area contributed by atoms with Crippen LogP contribution in [0, 0.1) is 0 Å². The number of carbonyl (C=O) groups excluding carboxylic acids is 1. The summed E-state index contributed by atoms with van der Waals surface area (Å²) in [4.78, 5) is 11.8. The zero-order chi connectivity index (χ0) is 12.9. The molecular weight excluding hydrogens is 238 g/mol. The summed E-state index contributed by atoms with van der Waals surface area (Å²) in [5, 5.41) is 1.86. The van der Waals surface area contributed by atoms with Crippen LogP contribution in [0.4, 0.5) is 0 Å². The van der Waals surface area contributed by atoms with Crippen molar-refractivity contribution in [3.05, 3.63) is 12.2 Å². The van der Waals surface area contributed by atoms with Crippen LogP contribution in [0.3, 0.4) is 0 Å². The van der Waals surface area contributed by atoms with Crippen LogP contribution in [0.5, 0.6) is 0 Å². The van der Waals surface area contributed by atoms with Crippen molar-refractivity contribution >= 4 is 15.7 Å². The van der Waals surface area contributed by atoms with Gasteiger partial charge in [-0.25, -0.2) is 8.42 Å². The molecule has 0 aromatic heterocycles. The van der Waals surface area contributed by atoms with E-state index in [2.05, 4.69) is 5.32 Å². The van der Waals surface area contributed by atoms with Crippen molar-refractivity contribution < 1.29 is 13.2 Å². The van der Waals surface area contributed by atoms with E-state index in [0.717, 1.165) is 25.7 Å². The van der Waals surface area contributed by atoms with Gasteiger partial charge in [-0.3, -0.25) is 4.79 Å². The Morgan fingerprint density at radius 2 is 2.00 bits per heavy atom. The summed E-state index contributed by atoms with van der Waals surface area (Å²) in [5.74, 6) is -0.427. The van der Waals surface area contributed by atoms with Crippen LogP contribution in [0.25, 0.3) is 0 Å². The molecule has 1 rings (SSSR count). The number of sulfone groups is 1. The Morgan fingerprint density at radius 3 is 2.53 bits per heavy atom. The fourth-order valence-electron chi connectivity index (χ4n) is 1.93. The maximum Gasteiger partial charge on any atom is 0.238 e. The predicted molar refractivity (Wildman–Crippen MR) is 68.5 cm³/mol. The molecule has 0 saturated heterocycles. The molecule has 1 atom stereocenters. The third-order valence-corrected chi connectivity index (χ3v) is 5.12. The van der Waals surface area contributed by atoms with Crippen molar-refractivity contribution in [1.82, 2.24) is 5.32 Å². The van der Waals surface area contributed by atoms with Gasteiger partial charge < -0.3 is 5.32 Å². The van der Waals surface area contributed by atoms with Crippen molar-refractivity contribution in [3.63, 3.8) is 0 Å². The van der Waals surface area contributed by atoms with Crippen molar-refractivity contribution in [3.8, 4) is 0 Å². The molecule has 0 bridgehead atoms. The molecule has 0 aromatic carbocycles. The second-order valence-electron chi connectivity index (χ2n) is 4.53. The number of nitrogens with one attached hydrogen (secondary N) is 1. The van der Waals surface area contributed by atoms with Crippen LogP contribution in [-0.4, -0.2) is 31.4 Å². The fraction of sp³-hybridized carbons (Fsp3) is 0.750. The average molecular weight is 259 g/mol. The zero-order valence-corrected chi connectivity index (χ0v) is 11.3. The van der Waals surface area contributed by atoms with E-state index in [9.17, 15) is 13.2 Å². The van der Waals surface area contributed by atoms with Gasteiger partial charge in [-0.05, 0) is 26.7 Å². The van der Waals surface area contributed by atoms with Crippen LogP contribution < -0.4 is 5.32 Å². The van der Waals surface area contributed by atoms with Gasteiger partial charge in [0.05, 0.1) is 5.75 Å². The average Bonchev–Trinajstić information content (AvgIpc) is 2.78. The highest BCUT2D eigenvalue weighted by atomic mass is 32.2. The van der Waals surface area contributed by atoms with Crippen LogP contribution in [0.2, 0.25) is 0 Å². The molecule has 0 aromatic rings. The Labute approximate surface area is 103 Å². The lowest BCUT2D eigenvalue weighted by Crippen LogP contribution is -2.42. The van der Waals surface area contributed by atoms with E-state index < -0.39 is 15.1 Å². The van der Waals surface area contributed by atoms with Gasteiger partial charge in [0.1, 0.15) is 5.25 Å². The van der Waals surface area contributed by atoms with E-state index in [1.165, 1.54) is 6.92 Å². The molecule has 0 spiro atoms. The van der Waals surface area contributed by atoms with Crippen LogP contribution in [0.15, 0.2) is 12.2 Å². The highest BCUT2D eigenvalue weighted by Crippen LogP contribution is 2.18. The Kier molecular flexibility index (Phi) is 5.18. The molecule has 5 heteroatoms. The summed E-state index contributed by atoms with van der Waals surface area (Å²) in [6.45, 7) is 3.22. The molecule has 1 fully saturated rings. The molecule has 1 N–H and O–H groups in total.